The Morgan fingerprint density at radius 3 is 2.59 bits per heavy atom. The summed E-state index contributed by atoms with van der Waals surface area (Å²) in [5.74, 6) is -0.256. The second kappa shape index (κ2) is 7.10. The van der Waals surface area contributed by atoms with Crippen molar-refractivity contribution >= 4 is 23.4 Å². The number of aromatic nitrogens is 1. The van der Waals surface area contributed by atoms with E-state index in [1.807, 2.05) is 44.2 Å². The van der Waals surface area contributed by atoms with Crippen LogP contribution in [0.25, 0.3) is 0 Å². The third-order valence-electron chi connectivity index (χ3n) is 2.92. The zero-order valence-corrected chi connectivity index (χ0v) is 13.6. The van der Waals surface area contributed by atoms with E-state index in [2.05, 4.69) is 16.4 Å². The number of nitriles is 1. The predicted octanol–water partition coefficient (Wildman–Crippen LogP) is 4.01. The highest BCUT2D eigenvalue weighted by atomic mass is 32.2. The lowest BCUT2D eigenvalue weighted by Gasteiger charge is -2.11. The molecule has 22 heavy (non-hydrogen) atoms. The lowest BCUT2D eigenvalue weighted by atomic mass is 10.1. The average molecular weight is 311 g/mol. The van der Waals surface area contributed by atoms with Crippen molar-refractivity contribution in [2.45, 2.75) is 31.0 Å². The molecule has 0 bridgehead atoms. The summed E-state index contributed by atoms with van der Waals surface area (Å²) in [6.07, 6.45) is 0. The normalized spacial score (nSPS) is 10.3. The molecule has 0 saturated heterocycles. The van der Waals surface area contributed by atoms with E-state index in [1.165, 1.54) is 11.8 Å². The van der Waals surface area contributed by atoms with Crippen LogP contribution in [0, 0.1) is 18.3 Å². The fourth-order valence-electron chi connectivity index (χ4n) is 1.93. The highest BCUT2D eigenvalue weighted by molar-refractivity contribution is 7.99. The molecule has 1 N–H and O–H groups in total. The van der Waals surface area contributed by atoms with Gasteiger partial charge in [-0.25, -0.2) is 4.98 Å². The zero-order valence-electron chi connectivity index (χ0n) is 12.8. The summed E-state index contributed by atoms with van der Waals surface area (Å²) in [5.41, 5.74) is 2.19. The lowest BCUT2D eigenvalue weighted by molar-refractivity contribution is 0.102. The first-order valence-corrected chi connectivity index (χ1v) is 7.84. The van der Waals surface area contributed by atoms with Gasteiger partial charge in [-0.05, 0) is 25.1 Å². The molecule has 0 saturated carbocycles. The van der Waals surface area contributed by atoms with Crippen molar-refractivity contribution in [3.8, 4) is 6.07 Å². The number of carbonyl (C=O) groups excluding carboxylic acids is 1. The van der Waals surface area contributed by atoms with Gasteiger partial charge in [0.1, 0.15) is 11.1 Å². The van der Waals surface area contributed by atoms with Crippen LogP contribution in [0.4, 0.5) is 5.69 Å². The van der Waals surface area contributed by atoms with Crippen LogP contribution < -0.4 is 5.32 Å². The monoisotopic (exact) mass is 311 g/mol. The van der Waals surface area contributed by atoms with Gasteiger partial charge < -0.3 is 5.32 Å². The average Bonchev–Trinajstić information content (AvgIpc) is 2.47. The molecule has 0 atom stereocenters. The van der Waals surface area contributed by atoms with Crippen molar-refractivity contribution in [1.82, 2.24) is 4.98 Å². The Kier molecular flexibility index (Phi) is 5.18. The number of nitrogens with one attached hydrogen (secondary N) is 1. The van der Waals surface area contributed by atoms with E-state index in [1.54, 1.807) is 13.0 Å². The first-order chi connectivity index (χ1) is 10.5. The second-order valence-electron chi connectivity index (χ2n) is 5.07. The predicted molar refractivity (Wildman–Crippen MR) is 89.1 cm³/mol. The van der Waals surface area contributed by atoms with Gasteiger partial charge in [-0.15, -0.1) is 11.8 Å². The van der Waals surface area contributed by atoms with E-state index >= 15 is 0 Å². The molecule has 4 nitrogen and oxygen atoms in total. The van der Waals surface area contributed by atoms with Gasteiger partial charge in [0.05, 0.1) is 16.8 Å². The van der Waals surface area contributed by atoms with E-state index in [9.17, 15) is 10.1 Å². The minimum absolute atomic E-state index is 0.256. The van der Waals surface area contributed by atoms with Crippen molar-refractivity contribution in [3.05, 3.63) is 53.2 Å². The molecule has 0 aliphatic heterocycles. The zero-order chi connectivity index (χ0) is 16.1. The number of thioether (sulfide) groups is 1. The summed E-state index contributed by atoms with van der Waals surface area (Å²) in [7, 11) is 0. The maximum absolute atomic E-state index is 12.4. The van der Waals surface area contributed by atoms with Gasteiger partial charge in [-0.3, -0.25) is 4.79 Å². The van der Waals surface area contributed by atoms with E-state index < -0.39 is 0 Å². The number of hydrogen-bond acceptors (Lipinski definition) is 4. The summed E-state index contributed by atoms with van der Waals surface area (Å²) in [6, 6.07) is 13.0. The molecule has 0 fully saturated rings. The summed E-state index contributed by atoms with van der Waals surface area (Å²) in [4.78, 5) is 16.8. The van der Waals surface area contributed by atoms with Gasteiger partial charge in [0.25, 0.3) is 5.91 Å². The van der Waals surface area contributed by atoms with Crippen LogP contribution in [0.2, 0.25) is 0 Å². The van der Waals surface area contributed by atoms with Crippen LogP contribution in [0.3, 0.4) is 0 Å². The summed E-state index contributed by atoms with van der Waals surface area (Å²) >= 11 is 1.52. The van der Waals surface area contributed by atoms with Crippen molar-refractivity contribution < 1.29 is 4.79 Å². The number of para-hydroxylation sites is 1. The molecule has 2 rings (SSSR count). The van der Waals surface area contributed by atoms with Gasteiger partial charge in [-0.2, -0.15) is 5.26 Å². The number of aryl methyl sites for hydroxylation is 1. The number of nitrogens with zero attached hydrogens (tertiary/aromatic N) is 2. The highest BCUT2D eigenvalue weighted by Gasteiger charge is 2.16. The topological polar surface area (TPSA) is 65.8 Å². The van der Waals surface area contributed by atoms with Gasteiger partial charge in [0.15, 0.2) is 0 Å². The second-order valence-corrected chi connectivity index (χ2v) is 6.64. The Morgan fingerprint density at radius 1 is 1.32 bits per heavy atom. The first kappa shape index (κ1) is 16.1. The number of anilines is 1. The molecule has 1 heterocycles. The molecular weight excluding hydrogens is 294 g/mol. The molecule has 1 amide bonds. The van der Waals surface area contributed by atoms with Gasteiger partial charge in [-0.1, -0.05) is 32.0 Å². The molecule has 0 aliphatic rings. The highest BCUT2D eigenvalue weighted by Crippen LogP contribution is 2.26. The Morgan fingerprint density at radius 2 is 2.00 bits per heavy atom. The standard InChI is InChI=1S/C17H17N3OS/c1-11(2)22-17-13(10-18)9-15(12(3)19-17)16(21)20-14-7-5-4-6-8-14/h4-9,11H,1-3H3,(H,20,21). The van der Waals surface area contributed by atoms with E-state index in [4.69, 9.17) is 0 Å². The van der Waals surface area contributed by atoms with Crippen molar-refractivity contribution in [1.29, 1.82) is 5.26 Å². The summed E-state index contributed by atoms with van der Waals surface area (Å²) in [6.45, 7) is 5.86. The number of hydrogen-bond donors (Lipinski definition) is 1. The number of carbonyl (C=O) groups is 1. The molecule has 0 unspecified atom stereocenters. The van der Waals surface area contributed by atoms with Crippen LogP contribution in [0.5, 0.6) is 0 Å². The number of pyridine rings is 1. The van der Waals surface area contributed by atoms with Gasteiger partial charge in [0, 0.05) is 10.9 Å². The van der Waals surface area contributed by atoms with Crippen LogP contribution >= 0.6 is 11.8 Å². The van der Waals surface area contributed by atoms with Crippen LogP contribution in [-0.4, -0.2) is 16.1 Å². The number of rotatable bonds is 4. The number of benzene rings is 1. The summed E-state index contributed by atoms with van der Waals surface area (Å²) < 4.78 is 0. The SMILES string of the molecule is Cc1nc(SC(C)C)c(C#N)cc1C(=O)Nc1ccccc1. The molecule has 0 radical (unpaired) electrons. The van der Waals surface area contributed by atoms with Crippen molar-refractivity contribution in [2.75, 3.05) is 5.32 Å². The number of amides is 1. The molecule has 1 aromatic heterocycles. The lowest BCUT2D eigenvalue weighted by Crippen LogP contribution is -2.15. The van der Waals surface area contributed by atoms with Crippen molar-refractivity contribution in [3.63, 3.8) is 0 Å². The molecule has 0 aliphatic carbocycles. The smallest absolute Gasteiger partial charge is 0.257 e. The molecular formula is C17H17N3OS. The van der Waals surface area contributed by atoms with Crippen LogP contribution in [0.1, 0.15) is 35.5 Å². The third-order valence-corrected chi connectivity index (χ3v) is 3.93. The van der Waals surface area contributed by atoms with Gasteiger partial charge >= 0.3 is 0 Å². The molecule has 112 valence electrons. The third kappa shape index (κ3) is 3.86. The van der Waals surface area contributed by atoms with E-state index in [0.717, 1.165) is 0 Å². The largest absolute Gasteiger partial charge is 0.322 e. The minimum Gasteiger partial charge on any atom is -0.322 e. The fourth-order valence-corrected chi connectivity index (χ4v) is 2.79. The van der Waals surface area contributed by atoms with Crippen LogP contribution in [0.15, 0.2) is 41.4 Å². The molecule has 1 aromatic carbocycles. The first-order valence-electron chi connectivity index (χ1n) is 6.96. The molecule has 5 heteroatoms. The quantitative estimate of drug-likeness (QED) is 0.866. The maximum Gasteiger partial charge on any atom is 0.257 e. The minimum atomic E-state index is -0.256. The Balaban J connectivity index is 2.31. The fraction of sp³-hybridized carbons (Fsp3) is 0.235. The van der Waals surface area contributed by atoms with E-state index in [0.29, 0.717) is 32.8 Å². The Labute approximate surface area is 134 Å². The van der Waals surface area contributed by atoms with Crippen molar-refractivity contribution in [2.24, 2.45) is 0 Å². The molecule has 2 aromatic rings. The Hall–Kier alpha value is -2.32. The van der Waals surface area contributed by atoms with Crippen LogP contribution in [-0.2, 0) is 0 Å². The van der Waals surface area contributed by atoms with Gasteiger partial charge in [0.2, 0.25) is 0 Å². The Bertz CT molecular complexity index is 721. The molecule has 0 spiro atoms. The summed E-state index contributed by atoms with van der Waals surface area (Å²) in [5, 5.41) is 13.1. The van der Waals surface area contributed by atoms with E-state index in [-0.39, 0.29) is 5.91 Å². The maximum atomic E-state index is 12.4.